The Bertz CT molecular complexity index is 1320. The summed E-state index contributed by atoms with van der Waals surface area (Å²) in [7, 11) is 3.18. The minimum atomic E-state index is 0.444. The number of aromatic amines is 1. The van der Waals surface area contributed by atoms with Crippen molar-refractivity contribution in [1.29, 1.82) is 5.26 Å². The quantitative estimate of drug-likeness (QED) is 0.510. The average Bonchev–Trinajstić information content (AvgIpc) is 3.38. The van der Waals surface area contributed by atoms with Gasteiger partial charge in [0.25, 0.3) is 0 Å². The molecule has 0 fully saturated rings. The molecular formula is C22H19N5O4. The first kappa shape index (κ1) is 18.7. The summed E-state index contributed by atoms with van der Waals surface area (Å²) in [5.41, 5.74) is 3.23. The van der Waals surface area contributed by atoms with Crippen LogP contribution in [0, 0.1) is 11.3 Å². The van der Waals surface area contributed by atoms with Gasteiger partial charge in [0.15, 0.2) is 34.5 Å². The summed E-state index contributed by atoms with van der Waals surface area (Å²) in [6.07, 6.45) is 1.62. The normalized spacial score (nSPS) is 12.4. The Kier molecular flexibility index (Phi) is 4.52. The van der Waals surface area contributed by atoms with E-state index in [1.807, 2.05) is 36.4 Å². The number of rotatable bonds is 5. The second kappa shape index (κ2) is 7.50. The Morgan fingerprint density at radius 2 is 1.87 bits per heavy atom. The molecule has 2 aromatic heterocycles. The molecule has 0 radical (unpaired) electrons. The van der Waals surface area contributed by atoms with E-state index >= 15 is 0 Å². The number of nitrogens with one attached hydrogen (secondary N) is 2. The topological polar surface area (TPSA) is 106 Å². The van der Waals surface area contributed by atoms with Crippen LogP contribution in [0.5, 0.6) is 23.0 Å². The van der Waals surface area contributed by atoms with Gasteiger partial charge in [-0.15, -0.1) is 0 Å². The van der Waals surface area contributed by atoms with E-state index in [4.69, 9.17) is 23.9 Å². The van der Waals surface area contributed by atoms with Gasteiger partial charge in [-0.25, -0.2) is 9.50 Å². The van der Waals surface area contributed by atoms with E-state index in [0.717, 1.165) is 11.3 Å². The molecule has 1 aliphatic heterocycles. The maximum absolute atomic E-state index is 9.46. The smallest absolute Gasteiger partial charge is 0.173 e. The molecule has 1 aliphatic rings. The molecule has 0 atom stereocenters. The lowest BCUT2D eigenvalue weighted by Crippen LogP contribution is -2.15. The fourth-order valence-electron chi connectivity index (χ4n) is 3.56. The molecule has 0 amide bonds. The van der Waals surface area contributed by atoms with Gasteiger partial charge in [0.2, 0.25) is 0 Å². The van der Waals surface area contributed by atoms with E-state index < -0.39 is 0 Å². The maximum Gasteiger partial charge on any atom is 0.173 e. The molecule has 156 valence electrons. The number of hydrogen-bond donors (Lipinski definition) is 2. The molecule has 9 nitrogen and oxygen atoms in total. The lowest BCUT2D eigenvalue weighted by atomic mass is 10.1. The Morgan fingerprint density at radius 1 is 1.06 bits per heavy atom. The zero-order valence-electron chi connectivity index (χ0n) is 16.9. The Hall–Kier alpha value is -4.32. The molecule has 0 spiro atoms. The Morgan fingerprint density at radius 3 is 2.65 bits per heavy atom. The molecular weight excluding hydrogens is 398 g/mol. The minimum absolute atomic E-state index is 0.444. The number of H-pyrrole nitrogens is 1. The van der Waals surface area contributed by atoms with Crippen LogP contribution in [0.1, 0.15) is 5.56 Å². The van der Waals surface area contributed by atoms with E-state index in [1.165, 1.54) is 0 Å². The Labute approximate surface area is 177 Å². The largest absolute Gasteiger partial charge is 0.493 e. The van der Waals surface area contributed by atoms with Gasteiger partial charge < -0.3 is 24.3 Å². The fraction of sp³-hybridized carbons (Fsp3) is 0.182. The molecule has 4 aromatic rings. The zero-order chi connectivity index (χ0) is 21.4. The molecule has 31 heavy (non-hydrogen) atoms. The third-order valence-electron chi connectivity index (χ3n) is 5.04. The van der Waals surface area contributed by atoms with Crippen LogP contribution >= 0.6 is 0 Å². The van der Waals surface area contributed by atoms with E-state index in [2.05, 4.69) is 16.5 Å². The Balaban J connectivity index is 1.63. The van der Waals surface area contributed by atoms with Gasteiger partial charge in [-0.3, -0.25) is 5.10 Å². The maximum atomic E-state index is 9.46. The summed E-state index contributed by atoms with van der Waals surface area (Å²) in [6, 6.07) is 13.4. The molecule has 0 saturated heterocycles. The van der Waals surface area contributed by atoms with E-state index in [9.17, 15) is 5.26 Å². The number of nitrogens with zero attached hydrogens (tertiary/aromatic N) is 3. The highest BCUT2D eigenvalue weighted by Gasteiger charge is 2.21. The number of hydrogen-bond acceptors (Lipinski definition) is 7. The zero-order valence-corrected chi connectivity index (χ0v) is 16.9. The van der Waals surface area contributed by atoms with Crippen LogP contribution in [0.4, 0.5) is 11.5 Å². The molecule has 0 unspecified atom stereocenters. The highest BCUT2D eigenvalue weighted by molar-refractivity contribution is 5.82. The first-order valence-corrected chi connectivity index (χ1v) is 9.61. The average molecular weight is 417 g/mol. The summed E-state index contributed by atoms with van der Waals surface area (Å²) in [4.78, 5) is 4.73. The fourth-order valence-corrected chi connectivity index (χ4v) is 3.56. The molecule has 2 aromatic carbocycles. The lowest BCUT2D eigenvalue weighted by molar-refractivity contribution is 0.171. The second-order valence-corrected chi connectivity index (χ2v) is 6.82. The molecule has 0 saturated carbocycles. The van der Waals surface area contributed by atoms with Gasteiger partial charge in [0.1, 0.15) is 30.5 Å². The molecule has 5 rings (SSSR count). The SMILES string of the molecule is COc1ccc(Nc2c(-c3ccc4c(c3)OCCO4)nc3c(C#N)c[nH]n23)cc1OC. The van der Waals surface area contributed by atoms with Crippen LogP contribution in [-0.2, 0) is 0 Å². The monoisotopic (exact) mass is 417 g/mol. The predicted molar refractivity (Wildman–Crippen MR) is 114 cm³/mol. The number of aromatic nitrogens is 3. The molecule has 0 bridgehead atoms. The number of anilines is 2. The molecule has 2 N–H and O–H groups in total. The van der Waals surface area contributed by atoms with Gasteiger partial charge in [-0.1, -0.05) is 0 Å². The third kappa shape index (κ3) is 3.14. The van der Waals surface area contributed by atoms with Gasteiger partial charge in [-0.05, 0) is 30.3 Å². The summed E-state index contributed by atoms with van der Waals surface area (Å²) in [5.74, 6) is 3.26. The van der Waals surface area contributed by atoms with Crippen LogP contribution in [0.3, 0.4) is 0 Å². The summed E-state index contributed by atoms with van der Waals surface area (Å²) >= 11 is 0. The summed E-state index contributed by atoms with van der Waals surface area (Å²) < 4.78 is 23.8. The van der Waals surface area contributed by atoms with Crippen molar-refractivity contribution in [2.45, 2.75) is 0 Å². The second-order valence-electron chi connectivity index (χ2n) is 6.82. The van der Waals surface area contributed by atoms with Crippen molar-refractivity contribution in [3.63, 3.8) is 0 Å². The van der Waals surface area contributed by atoms with E-state index in [-0.39, 0.29) is 0 Å². The highest BCUT2D eigenvalue weighted by atomic mass is 16.6. The van der Waals surface area contributed by atoms with Crippen LogP contribution < -0.4 is 24.3 Å². The first-order chi connectivity index (χ1) is 15.2. The predicted octanol–water partition coefficient (Wildman–Crippen LogP) is 3.73. The van der Waals surface area contributed by atoms with Crippen molar-refractivity contribution in [2.75, 3.05) is 32.8 Å². The number of nitriles is 1. The van der Waals surface area contributed by atoms with Crippen LogP contribution in [0.15, 0.2) is 42.6 Å². The van der Waals surface area contributed by atoms with Crippen LogP contribution in [0.2, 0.25) is 0 Å². The third-order valence-corrected chi connectivity index (χ3v) is 5.04. The number of methoxy groups -OCH3 is 2. The van der Waals surface area contributed by atoms with Crippen molar-refractivity contribution in [2.24, 2.45) is 0 Å². The minimum Gasteiger partial charge on any atom is -0.493 e. The van der Waals surface area contributed by atoms with Crippen LogP contribution in [0.25, 0.3) is 16.9 Å². The van der Waals surface area contributed by atoms with Crippen molar-refractivity contribution < 1.29 is 18.9 Å². The van der Waals surface area contributed by atoms with Crippen molar-refractivity contribution in [3.8, 4) is 40.3 Å². The van der Waals surface area contributed by atoms with Crippen LogP contribution in [-0.4, -0.2) is 42.0 Å². The lowest BCUT2D eigenvalue weighted by Gasteiger charge is -2.19. The van der Waals surface area contributed by atoms with Gasteiger partial charge in [0.05, 0.1) is 14.2 Å². The van der Waals surface area contributed by atoms with E-state index in [0.29, 0.717) is 58.9 Å². The van der Waals surface area contributed by atoms with Gasteiger partial charge in [0, 0.05) is 23.5 Å². The number of ether oxygens (including phenoxy) is 4. The molecule has 0 aliphatic carbocycles. The van der Waals surface area contributed by atoms with Crippen molar-refractivity contribution in [1.82, 2.24) is 14.6 Å². The van der Waals surface area contributed by atoms with Gasteiger partial charge in [-0.2, -0.15) is 5.26 Å². The first-order valence-electron chi connectivity index (χ1n) is 9.61. The van der Waals surface area contributed by atoms with E-state index in [1.54, 1.807) is 24.9 Å². The van der Waals surface area contributed by atoms with Crippen molar-refractivity contribution in [3.05, 3.63) is 48.2 Å². The number of imidazole rings is 1. The van der Waals surface area contributed by atoms with Crippen molar-refractivity contribution >= 4 is 17.2 Å². The number of fused-ring (bicyclic) bond motifs is 2. The highest BCUT2D eigenvalue weighted by Crippen LogP contribution is 2.39. The summed E-state index contributed by atoms with van der Waals surface area (Å²) in [6.45, 7) is 1.02. The molecule has 3 heterocycles. The molecule has 9 heteroatoms. The van der Waals surface area contributed by atoms with Gasteiger partial charge >= 0.3 is 0 Å². The number of benzene rings is 2. The standard InChI is InChI=1S/C22H19N5O4/c1-28-16-6-4-15(10-18(16)29-2)25-22-20(26-21-14(11-23)12-24-27(21)22)13-3-5-17-19(9-13)31-8-7-30-17/h3-6,9-10,12,24-25H,7-8H2,1-2H3. The summed E-state index contributed by atoms with van der Waals surface area (Å²) in [5, 5.41) is 15.9.